The van der Waals surface area contributed by atoms with E-state index in [9.17, 15) is 15.2 Å². The Morgan fingerprint density at radius 3 is 2.68 bits per heavy atom. The molecule has 0 saturated heterocycles. The highest BCUT2D eigenvalue weighted by Crippen LogP contribution is 2.37. The summed E-state index contributed by atoms with van der Waals surface area (Å²) in [6.45, 7) is 7.93. The second kappa shape index (κ2) is 6.12. The van der Waals surface area contributed by atoms with Crippen molar-refractivity contribution in [1.82, 2.24) is 4.57 Å². The molecule has 0 aliphatic heterocycles. The number of aryl methyl sites for hydroxylation is 2. The van der Waals surface area contributed by atoms with Crippen LogP contribution in [0, 0.1) is 25.2 Å². The van der Waals surface area contributed by atoms with Crippen molar-refractivity contribution in [3.8, 4) is 11.8 Å². The highest BCUT2D eigenvalue weighted by atomic mass is 35.5. The Hall–Kier alpha value is -3.03. The van der Waals surface area contributed by atoms with Crippen LogP contribution in [0.5, 0.6) is 5.75 Å². The molecular formula is C20H15ClN2O2. The van der Waals surface area contributed by atoms with Crippen LogP contribution in [0.15, 0.2) is 37.0 Å². The second-order valence-electron chi connectivity index (χ2n) is 5.91. The van der Waals surface area contributed by atoms with Gasteiger partial charge in [0, 0.05) is 11.6 Å². The van der Waals surface area contributed by atoms with Gasteiger partial charge in [0.05, 0.1) is 39.0 Å². The minimum Gasteiger partial charge on any atom is -0.506 e. The maximum Gasteiger partial charge on any atom is 0.153 e. The van der Waals surface area contributed by atoms with Crippen LogP contribution < -0.4 is 0 Å². The number of nitriles is 1. The quantitative estimate of drug-likeness (QED) is 0.688. The van der Waals surface area contributed by atoms with Crippen LogP contribution in [0.3, 0.4) is 0 Å². The summed E-state index contributed by atoms with van der Waals surface area (Å²) in [5.41, 5.74) is 4.26. The molecule has 0 radical (unpaired) electrons. The summed E-state index contributed by atoms with van der Waals surface area (Å²) in [4.78, 5) is 11.1. The first-order valence-corrected chi connectivity index (χ1v) is 7.95. The van der Waals surface area contributed by atoms with E-state index in [2.05, 4.69) is 12.6 Å². The molecule has 0 fully saturated rings. The molecule has 1 N–H and O–H groups in total. The fraction of sp³-hybridized carbons (Fsp3) is 0.100. The number of halogens is 1. The largest absolute Gasteiger partial charge is 0.506 e. The lowest BCUT2D eigenvalue weighted by molar-refractivity contribution is 0.112. The summed E-state index contributed by atoms with van der Waals surface area (Å²) in [7, 11) is 0. The van der Waals surface area contributed by atoms with Crippen LogP contribution in [0.1, 0.15) is 32.6 Å². The van der Waals surface area contributed by atoms with Gasteiger partial charge in [-0.1, -0.05) is 18.2 Å². The Labute approximate surface area is 150 Å². The summed E-state index contributed by atoms with van der Waals surface area (Å²) in [6.07, 6.45) is 2.45. The van der Waals surface area contributed by atoms with Gasteiger partial charge in [0.2, 0.25) is 0 Å². The van der Waals surface area contributed by atoms with Crippen molar-refractivity contribution >= 4 is 34.5 Å². The smallest absolute Gasteiger partial charge is 0.153 e. The number of nitrogens with zero attached hydrogens (tertiary/aromatic N) is 2. The van der Waals surface area contributed by atoms with Crippen molar-refractivity contribution < 1.29 is 9.90 Å². The number of aromatic hydroxyl groups is 1. The monoisotopic (exact) mass is 350 g/mol. The molecule has 25 heavy (non-hydrogen) atoms. The fourth-order valence-corrected chi connectivity index (χ4v) is 3.34. The highest BCUT2D eigenvalue weighted by molar-refractivity contribution is 6.32. The molecule has 0 amide bonds. The fourth-order valence-electron chi connectivity index (χ4n) is 3.08. The Kier molecular flexibility index (Phi) is 4.12. The molecular weight excluding hydrogens is 336 g/mol. The molecule has 0 spiro atoms. The molecule has 3 rings (SSSR count). The van der Waals surface area contributed by atoms with Gasteiger partial charge in [-0.2, -0.15) is 5.26 Å². The molecule has 0 bridgehead atoms. The van der Waals surface area contributed by atoms with E-state index >= 15 is 0 Å². The summed E-state index contributed by atoms with van der Waals surface area (Å²) in [5, 5.41) is 20.8. The van der Waals surface area contributed by atoms with Crippen LogP contribution in [0.2, 0.25) is 5.02 Å². The summed E-state index contributed by atoms with van der Waals surface area (Å²) in [5.74, 6) is -0.196. The lowest BCUT2D eigenvalue weighted by atomic mass is 10.0. The maximum absolute atomic E-state index is 11.1. The molecule has 2 aromatic carbocycles. The lowest BCUT2D eigenvalue weighted by Crippen LogP contribution is -2.00. The van der Waals surface area contributed by atoms with E-state index in [1.54, 1.807) is 12.1 Å². The van der Waals surface area contributed by atoms with E-state index in [-0.39, 0.29) is 11.3 Å². The van der Waals surface area contributed by atoms with Crippen molar-refractivity contribution in [2.45, 2.75) is 13.8 Å². The second-order valence-corrected chi connectivity index (χ2v) is 6.32. The Morgan fingerprint density at radius 2 is 2.04 bits per heavy atom. The predicted molar refractivity (Wildman–Crippen MR) is 99.1 cm³/mol. The summed E-state index contributed by atoms with van der Waals surface area (Å²) >= 11 is 6.26. The topological polar surface area (TPSA) is 66.0 Å². The van der Waals surface area contributed by atoms with Gasteiger partial charge in [0.1, 0.15) is 5.75 Å². The third-order valence-corrected chi connectivity index (χ3v) is 4.60. The number of carbonyl (C=O) groups excluding carboxylic acids is 1. The van der Waals surface area contributed by atoms with Crippen molar-refractivity contribution in [3.05, 3.63) is 69.9 Å². The van der Waals surface area contributed by atoms with Gasteiger partial charge in [-0.15, -0.1) is 0 Å². The van der Waals surface area contributed by atoms with Crippen molar-refractivity contribution in [3.63, 3.8) is 0 Å². The number of phenols is 1. The van der Waals surface area contributed by atoms with E-state index in [1.807, 2.05) is 30.7 Å². The zero-order valence-electron chi connectivity index (χ0n) is 13.8. The highest BCUT2D eigenvalue weighted by Gasteiger charge is 2.19. The molecule has 0 aliphatic rings. The number of hydrogen-bond donors (Lipinski definition) is 1. The van der Waals surface area contributed by atoms with Crippen LogP contribution in [0.4, 0.5) is 0 Å². The number of aldehydes is 1. The van der Waals surface area contributed by atoms with Gasteiger partial charge in [-0.3, -0.25) is 4.79 Å². The van der Waals surface area contributed by atoms with Crippen molar-refractivity contribution in [2.24, 2.45) is 0 Å². The van der Waals surface area contributed by atoms with Gasteiger partial charge < -0.3 is 9.67 Å². The van der Waals surface area contributed by atoms with Crippen LogP contribution in [-0.4, -0.2) is 16.0 Å². The first-order chi connectivity index (χ1) is 11.9. The Balaban J connectivity index is 2.30. The molecule has 3 aromatic rings. The van der Waals surface area contributed by atoms with Gasteiger partial charge in [0.15, 0.2) is 6.29 Å². The van der Waals surface area contributed by atoms with Crippen LogP contribution >= 0.6 is 11.6 Å². The van der Waals surface area contributed by atoms with Crippen molar-refractivity contribution in [1.29, 1.82) is 5.26 Å². The van der Waals surface area contributed by atoms with Gasteiger partial charge in [-0.05, 0) is 49.2 Å². The van der Waals surface area contributed by atoms with E-state index in [0.29, 0.717) is 28.1 Å². The zero-order valence-corrected chi connectivity index (χ0v) is 14.6. The number of aromatic nitrogens is 1. The molecule has 0 saturated carbocycles. The Bertz CT molecular complexity index is 1090. The minimum atomic E-state index is -0.196. The van der Waals surface area contributed by atoms with E-state index in [4.69, 9.17) is 11.6 Å². The number of hydrogen-bond acceptors (Lipinski definition) is 3. The number of fused-ring (bicyclic) bond motifs is 1. The molecule has 124 valence electrons. The Morgan fingerprint density at radius 1 is 1.32 bits per heavy atom. The van der Waals surface area contributed by atoms with E-state index < -0.39 is 0 Å². The van der Waals surface area contributed by atoms with Crippen LogP contribution in [0.25, 0.3) is 16.6 Å². The molecule has 0 unspecified atom stereocenters. The van der Waals surface area contributed by atoms with E-state index in [1.165, 1.54) is 6.07 Å². The number of benzene rings is 2. The number of phenolic OH excluding ortho intramolecular Hbond substituents is 1. The molecule has 5 heteroatoms. The lowest BCUT2D eigenvalue weighted by Gasteiger charge is -2.15. The third-order valence-electron chi connectivity index (χ3n) is 4.28. The molecule has 1 heterocycles. The molecule has 4 nitrogen and oxygen atoms in total. The first kappa shape index (κ1) is 16.8. The normalized spacial score (nSPS) is 10.6. The van der Waals surface area contributed by atoms with Crippen molar-refractivity contribution in [2.75, 3.05) is 0 Å². The van der Waals surface area contributed by atoms with E-state index in [0.717, 1.165) is 22.0 Å². The predicted octanol–water partition coefficient (Wildman–Crippen LogP) is 4.82. The first-order valence-electron chi connectivity index (χ1n) is 7.57. The maximum atomic E-state index is 11.1. The molecule has 0 atom stereocenters. The summed E-state index contributed by atoms with van der Waals surface area (Å²) in [6, 6.07) is 8.81. The average Bonchev–Trinajstić information content (AvgIpc) is 2.92. The third kappa shape index (κ3) is 2.59. The standard InChI is InChI=1S/C20H15ClN2O2/c1-11-6-14(8-22)7-16-12(2)9-23(19(11)16)13(3)18-17(21)5-4-15(10-24)20(18)25/h4-7,9-10,25H,3H2,1-2H3. The van der Waals surface area contributed by atoms with Gasteiger partial charge >= 0.3 is 0 Å². The van der Waals surface area contributed by atoms with Gasteiger partial charge in [0.25, 0.3) is 0 Å². The van der Waals surface area contributed by atoms with Gasteiger partial charge in [-0.25, -0.2) is 0 Å². The zero-order chi connectivity index (χ0) is 18.3. The number of carbonyl (C=O) groups is 1. The number of rotatable bonds is 3. The SMILES string of the molecule is C=C(c1c(Cl)ccc(C=O)c1O)n1cc(C)c2cc(C#N)cc(C)c21. The molecule has 0 aliphatic carbocycles. The summed E-state index contributed by atoms with van der Waals surface area (Å²) < 4.78 is 1.83. The molecule has 1 aromatic heterocycles. The van der Waals surface area contributed by atoms with Crippen LogP contribution in [-0.2, 0) is 0 Å². The average molecular weight is 351 g/mol. The minimum absolute atomic E-state index is 0.150.